The van der Waals surface area contributed by atoms with Crippen molar-refractivity contribution in [2.75, 3.05) is 12.4 Å². The SMILES string of the molecule is O=C(c1cc(O)cc(O)c1)N1CCCCCC1CCl. The van der Waals surface area contributed by atoms with Gasteiger partial charge in [-0.05, 0) is 25.0 Å². The maximum Gasteiger partial charge on any atom is 0.254 e. The summed E-state index contributed by atoms with van der Waals surface area (Å²) in [6.07, 6.45) is 4.04. The van der Waals surface area contributed by atoms with Crippen LogP contribution in [0, 0.1) is 0 Å². The number of phenolic OH excluding ortho intramolecular Hbond substituents is 2. The fourth-order valence-electron chi connectivity index (χ4n) is 2.49. The molecular weight excluding hydrogens is 266 g/mol. The van der Waals surface area contributed by atoms with Gasteiger partial charge in [0.25, 0.3) is 5.91 Å². The van der Waals surface area contributed by atoms with Crippen LogP contribution in [-0.4, -0.2) is 39.5 Å². The zero-order valence-corrected chi connectivity index (χ0v) is 11.4. The van der Waals surface area contributed by atoms with E-state index in [0.717, 1.165) is 25.7 Å². The van der Waals surface area contributed by atoms with Crippen molar-refractivity contribution >= 4 is 17.5 Å². The monoisotopic (exact) mass is 283 g/mol. The number of alkyl halides is 1. The maximum absolute atomic E-state index is 12.5. The number of likely N-dealkylation sites (tertiary alicyclic amines) is 1. The Morgan fingerprint density at radius 2 is 1.89 bits per heavy atom. The second kappa shape index (κ2) is 6.15. The van der Waals surface area contributed by atoms with Crippen LogP contribution in [0.15, 0.2) is 18.2 Å². The van der Waals surface area contributed by atoms with Crippen molar-refractivity contribution in [3.05, 3.63) is 23.8 Å². The summed E-state index contributed by atoms with van der Waals surface area (Å²) in [5.74, 6) is 0.0104. The van der Waals surface area contributed by atoms with Crippen LogP contribution < -0.4 is 0 Å². The second-order valence-electron chi connectivity index (χ2n) is 4.89. The fraction of sp³-hybridized carbons (Fsp3) is 0.500. The van der Waals surface area contributed by atoms with E-state index in [1.165, 1.54) is 18.2 Å². The number of nitrogens with zero attached hydrogens (tertiary/aromatic N) is 1. The Morgan fingerprint density at radius 1 is 1.21 bits per heavy atom. The van der Waals surface area contributed by atoms with Crippen LogP contribution in [0.4, 0.5) is 0 Å². The molecule has 0 spiro atoms. The molecule has 0 saturated carbocycles. The van der Waals surface area contributed by atoms with Gasteiger partial charge >= 0.3 is 0 Å². The highest BCUT2D eigenvalue weighted by Gasteiger charge is 2.26. The quantitative estimate of drug-likeness (QED) is 0.821. The van der Waals surface area contributed by atoms with Gasteiger partial charge in [0.1, 0.15) is 11.5 Å². The van der Waals surface area contributed by atoms with Gasteiger partial charge in [-0.1, -0.05) is 12.8 Å². The summed E-state index contributed by atoms with van der Waals surface area (Å²) in [4.78, 5) is 14.2. The predicted molar refractivity (Wildman–Crippen MR) is 73.8 cm³/mol. The molecule has 4 nitrogen and oxygen atoms in total. The van der Waals surface area contributed by atoms with Crippen LogP contribution in [0.5, 0.6) is 11.5 Å². The van der Waals surface area contributed by atoms with Crippen molar-refractivity contribution in [3.8, 4) is 11.5 Å². The number of hydrogen-bond donors (Lipinski definition) is 2. The lowest BCUT2D eigenvalue weighted by atomic mass is 10.1. The number of aromatic hydroxyl groups is 2. The highest BCUT2D eigenvalue weighted by atomic mass is 35.5. The first kappa shape index (κ1) is 14.0. The van der Waals surface area contributed by atoms with E-state index in [9.17, 15) is 15.0 Å². The molecule has 1 unspecified atom stereocenters. The molecule has 19 heavy (non-hydrogen) atoms. The van der Waals surface area contributed by atoms with E-state index >= 15 is 0 Å². The van der Waals surface area contributed by atoms with Gasteiger partial charge in [-0.2, -0.15) is 0 Å². The molecule has 1 atom stereocenters. The third kappa shape index (κ3) is 3.32. The smallest absolute Gasteiger partial charge is 0.254 e. The number of benzene rings is 1. The summed E-state index contributed by atoms with van der Waals surface area (Å²) >= 11 is 5.95. The molecule has 1 aromatic carbocycles. The number of amides is 1. The zero-order valence-electron chi connectivity index (χ0n) is 10.7. The molecule has 1 saturated heterocycles. The van der Waals surface area contributed by atoms with E-state index in [1.54, 1.807) is 4.90 Å². The molecule has 1 aliphatic heterocycles. The first-order valence-corrected chi connectivity index (χ1v) is 7.05. The van der Waals surface area contributed by atoms with E-state index in [-0.39, 0.29) is 23.4 Å². The van der Waals surface area contributed by atoms with Gasteiger partial charge in [0.05, 0.1) is 0 Å². The Morgan fingerprint density at radius 3 is 2.53 bits per heavy atom. The summed E-state index contributed by atoms with van der Waals surface area (Å²) in [5.41, 5.74) is 0.300. The van der Waals surface area contributed by atoms with Crippen LogP contribution in [0.1, 0.15) is 36.0 Å². The molecule has 5 heteroatoms. The molecule has 0 aromatic heterocycles. The lowest BCUT2D eigenvalue weighted by molar-refractivity contribution is 0.0699. The minimum atomic E-state index is -0.182. The number of carbonyl (C=O) groups excluding carboxylic acids is 1. The standard InChI is InChI=1S/C14H18ClNO3/c15-9-11-4-2-1-3-5-16(11)14(19)10-6-12(17)8-13(18)7-10/h6-8,11,17-18H,1-5,9H2. The number of carbonyl (C=O) groups is 1. The van der Waals surface area contributed by atoms with Gasteiger partial charge in [-0.25, -0.2) is 0 Å². The Kier molecular flexibility index (Phi) is 4.53. The Labute approximate surface area is 117 Å². The van der Waals surface area contributed by atoms with E-state index in [0.29, 0.717) is 18.0 Å². The molecule has 1 fully saturated rings. The normalized spacial score (nSPS) is 20.1. The lowest BCUT2D eigenvalue weighted by Crippen LogP contribution is -2.41. The van der Waals surface area contributed by atoms with Gasteiger partial charge in [-0.15, -0.1) is 11.6 Å². The largest absolute Gasteiger partial charge is 0.508 e. The van der Waals surface area contributed by atoms with E-state index in [4.69, 9.17) is 11.6 Å². The van der Waals surface area contributed by atoms with Crippen molar-refractivity contribution in [1.82, 2.24) is 4.90 Å². The maximum atomic E-state index is 12.5. The molecule has 2 rings (SSSR count). The molecule has 1 aliphatic rings. The molecule has 1 amide bonds. The number of hydrogen-bond acceptors (Lipinski definition) is 3. The van der Waals surface area contributed by atoms with Crippen molar-refractivity contribution in [1.29, 1.82) is 0 Å². The Balaban J connectivity index is 2.25. The van der Waals surface area contributed by atoms with Crippen LogP contribution in [0.25, 0.3) is 0 Å². The van der Waals surface area contributed by atoms with Crippen LogP contribution in [-0.2, 0) is 0 Å². The Hall–Kier alpha value is -1.42. The molecule has 1 heterocycles. The van der Waals surface area contributed by atoms with Gasteiger partial charge in [0, 0.05) is 30.1 Å². The molecular formula is C14H18ClNO3. The highest BCUT2D eigenvalue weighted by Crippen LogP contribution is 2.25. The van der Waals surface area contributed by atoms with E-state index in [2.05, 4.69) is 0 Å². The molecule has 0 bridgehead atoms. The third-order valence-corrected chi connectivity index (χ3v) is 3.82. The van der Waals surface area contributed by atoms with Crippen molar-refractivity contribution in [2.45, 2.75) is 31.7 Å². The van der Waals surface area contributed by atoms with E-state index in [1.807, 2.05) is 0 Å². The number of halogens is 1. The molecule has 0 aliphatic carbocycles. The molecule has 0 radical (unpaired) electrons. The lowest BCUT2D eigenvalue weighted by Gasteiger charge is -2.28. The van der Waals surface area contributed by atoms with Gasteiger partial charge in [0.2, 0.25) is 0 Å². The topological polar surface area (TPSA) is 60.8 Å². The first-order chi connectivity index (χ1) is 9.11. The third-order valence-electron chi connectivity index (χ3n) is 3.47. The minimum absolute atomic E-state index is 0.0289. The summed E-state index contributed by atoms with van der Waals surface area (Å²) in [7, 11) is 0. The Bertz CT molecular complexity index is 444. The van der Waals surface area contributed by atoms with Gasteiger partial charge in [-0.3, -0.25) is 4.79 Å². The summed E-state index contributed by atoms with van der Waals surface area (Å²) in [6, 6.07) is 3.98. The van der Waals surface area contributed by atoms with Crippen LogP contribution in [0.2, 0.25) is 0 Å². The van der Waals surface area contributed by atoms with Gasteiger partial charge < -0.3 is 15.1 Å². The summed E-state index contributed by atoms with van der Waals surface area (Å²) < 4.78 is 0. The molecule has 1 aromatic rings. The number of rotatable bonds is 2. The predicted octanol–water partition coefficient (Wildman–Crippen LogP) is 2.72. The first-order valence-electron chi connectivity index (χ1n) is 6.52. The molecule has 104 valence electrons. The molecule has 2 N–H and O–H groups in total. The average molecular weight is 284 g/mol. The van der Waals surface area contributed by atoms with Gasteiger partial charge in [0.15, 0.2) is 0 Å². The number of phenols is 2. The van der Waals surface area contributed by atoms with E-state index < -0.39 is 0 Å². The summed E-state index contributed by atoms with van der Waals surface area (Å²) in [6.45, 7) is 0.673. The fourth-order valence-corrected chi connectivity index (χ4v) is 2.81. The second-order valence-corrected chi connectivity index (χ2v) is 5.20. The van der Waals surface area contributed by atoms with Crippen LogP contribution in [0.3, 0.4) is 0 Å². The average Bonchev–Trinajstić information content (AvgIpc) is 2.61. The highest BCUT2D eigenvalue weighted by molar-refractivity contribution is 6.18. The van der Waals surface area contributed by atoms with Crippen molar-refractivity contribution in [3.63, 3.8) is 0 Å². The zero-order chi connectivity index (χ0) is 13.8. The summed E-state index contributed by atoms with van der Waals surface area (Å²) in [5, 5.41) is 18.9. The van der Waals surface area contributed by atoms with Crippen LogP contribution >= 0.6 is 11.6 Å². The van der Waals surface area contributed by atoms with Crippen molar-refractivity contribution < 1.29 is 15.0 Å². The van der Waals surface area contributed by atoms with Crippen molar-refractivity contribution in [2.24, 2.45) is 0 Å². The minimum Gasteiger partial charge on any atom is -0.508 e.